The molecule has 1 aromatic heterocycles. The normalized spacial score (nSPS) is 11.5. The molecule has 0 fully saturated rings. The van der Waals surface area contributed by atoms with Crippen molar-refractivity contribution in [3.63, 3.8) is 0 Å². The van der Waals surface area contributed by atoms with E-state index in [1.165, 1.54) is 0 Å². The Morgan fingerprint density at radius 1 is 1.14 bits per heavy atom. The zero-order chi connectivity index (χ0) is 21.1. The Balaban J connectivity index is 2.26. The van der Waals surface area contributed by atoms with Gasteiger partial charge in [0.25, 0.3) is 11.5 Å². The van der Waals surface area contributed by atoms with Gasteiger partial charge in [0.15, 0.2) is 0 Å². The van der Waals surface area contributed by atoms with Crippen LogP contribution in [0.1, 0.15) is 41.8 Å². The molecule has 0 radical (unpaired) electrons. The number of carbonyl (C=O) groups excluding carboxylic acids is 1. The lowest BCUT2D eigenvalue weighted by molar-refractivity contribution is 0.102. The zero-order valence-corrected chi connectivity index (χ0v) is 17.7. The van der Waals surface area contributed by atoms with Gasteiger partial charge < -0.3 is 9.88 Å². The third-order valence-corrected chi connectivity index (χ3v) is 4.92. The number of pyridine rings is 1. The summed E-state index contributed by atoms with van der Waals surface area (Å²) in [6.45, 7) is 8.18. The average Bonchev–Trinajstić information content (AvgIpc) is 2.55. The monoisotopic (exact) mass is 405 g/mol. The summed E-state index contributed by atoms with van der Waals surface area (Å²) in [6, 6.07) is 6.58. The summed E-state index contributed by atoms with van der Waals surface area (Å²) >= 11 is 0. The van der Waals surface area contributed by atoms with Crippen molar-refractivity contribution in [3.05, 3.63) is 57.5 Å². The molecule has 0 aliphatic carbocycles. The number of hydrogen-bond donors (Lipinski definition) is 2. The maximum Gasteiger partial charge on any atom is 0.263 e. The predicted molar refractivity (Wildman–Crippen MR) is 112 cm³/mol. The molecule has 0 saturated heterocycles. The molecule has 7 nitrogen and oxygen atoms in total. The van der Waals surface area contributed by atoms with Crippen molar-refractivity contribution in [2.45, 2.75) is 40.7 Å². The smallest absolute Gasteiger partial charge is 0.263 e. The highest BCUT2D eigenvalue weighted by molar-refractivity contribution is 7.92. The number of sulfonamides is 1. The van der Waals surface area contributed by atoms with Crippen LogP contribution in [0.25, 0.3) is 0 Å². The molecule has 1 heterocycles. The summed E-state index contributed by atoms with van der Waals surface area (Å²) < 4.78 is 26.7. The maximum absolute atomic E-state index is 12.7. The van der Waals surface area contributed by atoms with Crippen molar-refractivity contribution in [1.82, 2.24) is 4.57 Å². The van der Waals surface area contributed by atoms with Crippen LogP contribution in [0.5, 0.6) is 0 Å². The molecule has 0 unspecified atom stereocenters. The first kappa shape index (κ1) is 21.7. The van der Waals surface area contributed by atoms with Crippen molar-refractivity contribution in [2.24, 2.45) is 5.92 Å². The van der Waals surface area contributed by atoms with E-state index in [0.717, 1.165) is 12.7 Å². The quantitative estimate of drug-likeness (QED) is 0.739. The van der Waals surface area contributed by atoms with Gasteiger partial charge in [-0.1, -0.05) is 13.8 Å². The number of benzene rings is 1. The van der Waals surface area contributed by atoms with Gasteiger partial charge >= 0.3 is 0 Å². The number of carbonyl (C=O) groups is 1. The van der Waals surface area contributed by atoms with E-state index < -0.39 is 15.9 Å². The molecule has 0 spiro atoms. The Bertz CT molecular complexity index is 1040. The van der Waals surface area contributed by atoms with Gasteiger partial charge in [0.1, 0.15) is 5.56 Å². The lowest BCUT2D eigenvalue weighted by atomic mass is 10.1. The van der Waals surface area contributed by atoms with Crippen molar-refractivity contribution < 1.29 is 13.2 Å². The summed E-state index contributed by atoms with van der Waals surface area (Å²) in [6.07, 6.45) is 3.63. The van der Waals surface area contributed by atoms with E-state index in [4.69, 9.17) is 0 Å². The Morgan fingerprint density at radius 2 is 1.82 bits per heavy atom. The zero-order valence-electron chi connectivity index (χ0n) is 16.9. The molecule has 0 aliphatic rings. The van der Waals surface area contributed by atoms with Crippen LogP contribution in [0.2, 0.25) is 0 Å². The SMILES string of the molecule is Cc1cc(NC(=O)c2c(C)ccn(CCC(C)C)c2=O)ccc1NS(C)(=O)=O. The van der Waals surface area contributed by atoms with Crippen LogP contribution in [0.4, 0.5) is 11.4 Å². The minimum Gasteiger partial charge on any atom is -0.322 e. The minimum atomic E-state index is -3.39. The standard InChI is InChI=1S/C20H27N3O4S/c1-13(2)8-10-23-11-9-14(3)18(20(23)25)19(24)21-16-6-7-17(15(4)12-16)22-28(5,26)27/h6-7,9,11-13,22H,8,10H2,1-5H3,(H,21,24). The number of nitrogens with one attached hydrogen (secondary N) is 2. The molecular formula is C20H27N3O4S. The molecule has 2 rings (SSSR count). The molecule has 152 valence electrons. The van der Waals surface area contributed by atoms with Crippen LogP contribution in [0.15, 0.2) is 35.3 Å². The molecule has 0 bridgehead atoms. The van der Waals surface area contributed by atoms with Crippen LogP contribution in [0, 0.1) is 19.8 Å². The van der Waals surface area contributed by atoms with Gasteiger partial charge in [-0.2, -0.15) is 0 Å². The van der Waals surface area contributed by atoms with Gasteiger partial charge in [0.2, 0.25) is 10.0 Å². The van der Waals surface area contributed by atoms with Crippen LogP contribution >= 0.6 is 0 Å². The van der Waals surface area contributed by atoms with Gasteiger partial charge in [0, 0.05) is 18.4 Å². The van der Waals surface area contributed by atoms with Crippen molar-refractivity contribution in [1.29, 1.82) is 0 Å². The molecule has 8 heteroatoms. The summed E-state index contributed by atoms with van der Waals surface area (Å²) in [7, 11) is -3.39. The van der Waals surface area contributed by atoms with Crippen molar-refractivity contribution in [3.8, 4) is 0 Å². The summed E-state index contributed by atoms with van der Waals surface area (Å²) in [5.41, 5.74) is 1.98. The van der Waals surface area contributed by atoms with Crippen LogP contribution < -0.4 is 15.6 Å². The van der Waals surface area contributed by atoms with Crippen LogP contribution in [-0.4, -0.2) is 25.1 Å². The average molecular weight is 406 g/mol. The first-order valence-corrected chi connectivity index (χ1v) is 11.0. The van der Waals surface area contributed by atoms with E-state index >= 15 is 0 Å². The number of nitrogens with zero attached hydrogens (tertiary/aromatic N) is 1. The predicted octanol–water partition coefficient (Wildman–Crippen LogP) is 3.14. The molecule has 2 N–H and O–H groups in total. The second-order valence-electron chi connectivity index (χ2n) is 7.41. The Kier molecular flexibility index (Phi) is 6.66. The fourth-order valence-corrected chi connectivity index (χ4v) is 3.39. The van der Waals surface area contributed by atoms with E-state index in [2.05, 4.69) is 23.9 Å². The van der Waals surface area contributed by atoms with E-state index in [1.54, 1.807) is 48.9 Å². The lowest BCUT2D eigenvalue weighted by Gasteiger charge is -2.13. The third kappa shape index (κ3) is 5.69. The summed E-state index contributed by atoms with van der Waals surface area (Å²) in [5.74, 6) is -0.0304. The molecule has 0 atom stereocenters. The second kappa shape index (κ2) is 8.60. The number of amides is 1. The molecule has 0 saturated carbocycles. The number of hydrogen-bond acceptors (Lipinski definition) is 4. The first-order valence-electron chi connectivity index (χ1n) is 9.07. The molecule has 28 heavy (non-hydrogen) atoms. The van der Waals surface area contributed by atoms with Crippen LogP contribution in [0.3, 0.4) is 0 Å². The topological polar surface area (TPSA) is 97.3 Å². The van der Waals surface area contributed by atoms with Gasteiger partial charge in [-0.15, -0.1) is 0 Å². The van der Waals surface area contributed by atoms with Gasteiger partial charge in [0.05, 0.1) is 11.9 Å². The highest BCUT2D eigenvalue weighted by atomic mass is 32.2. The molecule has 1 amide bonds. The summed E-state index contributed by atoms with van der Waals surface area (Å²) in [4.78, 5) is 25.5. The largest absolute Gasteiger partial charge is 0.322 e. The van der Waals surface area contributed by atoms with Gasteiger partial charge in [-0.05, 0) is 61.6 Å². The fourth-order valence-electron chi connectivity index (χ4n) is 2.76. The number of rotatable bonds is 7. The lowest BCUT2D eigenvalue weighted by Crippen LogP contribution is -2.30. The van der Waals surface area contributed by atoms with E-state index in [9.17, 15) is 18.0 Å². The van der Waals surface area contributed by atoms with E-state index in [1.807, 2.05) is 0 Å². The molecule has 0 aliphatic heterocycles. The first-order chi connectivity index (χ1) is 13.0. The number of aromatic nitrogens is 1. The second-order valence-corrected chi connectivity index (χ2v) is 9.16. The van der Waals surface area contributed by atoms with E-state index in [0.29, 0.717) is 35.0 Å². The minimum absolute atomic E-state index is 0.113. The number of aryl methyl sites for hydroxylation is 3. The highest BCUT2D eigenvalue weighted by Gasteiger charge is 2.17. The van der Waals surface area contributed by atoms with Crippen molar-refractivity contribution >= 4 is 27.3 Å². The fraction of sp³-hybridized carbons (Fsp3) is 0.400. The summed E-state index contributed by atoms with van der Waals surface area (Å²) in [5, 5.41) is 2.73. The third-order valence-electron chi connectivity index (χ3n) is 4.33. The Hall–Kier alpha value is -2.61. The van der Waals surface area contributed by atoms with Crippen molar-refractivity contribution in [2.75, 3.05) is 16.3 Å². The maximum atomic E-state index is 12.7. The van der Waals surface area contributed by atoms with Crippen LogP contribution in [-0.2, 0) is 16.6 Å². The highest BCUT2D eigenvalue weighted by Crippen LogP contribution is 2.21. The van der Waals surface area contributed by atoms with E-state index in [-0.39, 0.29) is 11.1 Å². The van der Waals surface area contributed by atoms with Gasteiger partial charge in [-0.25, -0.2) is 8.42 Å². The Labute approximate surface area is 165 Å². The molecule has 2 aromatic rings. The molecular weight excluding hydrogens is 378 g/mol. The van der Waals surface area contributed by atoms with Gasteiger partial charge in [-0.3, -0.25) is 14.3 Å². The molecule has 1 aromatic carbocycles. The number of anilines is 2. The Morgan fingerprint density at radius 3 is 2.39 bits per heavy atom.